The number of rotatable bonds is 11. The van der Waals surface area contributed by atoms with Gasteiger partial charge in [-0.15, -0.1) is 0 Å². The van der Waals surface area contributed by atoms with Gasteiger partial charge in [0.15, 0.2) is 0 Å². The molecule has 0 unspecified atom stereocenters. The molecule has 0 aromatic carbocycles. The smallest absolute Gasteiger partial charge is 0.326 e. The van der Waals surface area contributed by atoms with Crippen LogP contribution in [0.2, 0.25) is 0 Å². The van der Waals surface area contributed by atoms with Gasteiger partial charge in [-0.05, 0) is 18.8 Å². The van der Waals surface area contributed by atoms with Crippen molar-refractivity contribution in [1.29, 1.82) is 0 Å². The van der Waals surface area contributed by atoms with Crippen molar-refractivity contribution in [3.8, 4) is 0 Å². The second kappa shape index (κ2) is 10.6. The molecule has 0 aliphatic heterocycles. The molecule has 0 aromatic rings. The number of hydrogen-bond acceptors (Lipinski definition) is 6. The molecule has 0 radical (unpaired) electrons. The van der Waals surface area contributed by atoms with E-state index in [2.05, 4.69) is 10.6 Å². The first-order chi connectivity index (χ1) is 11.1. The Balaban J connectivity index is 4.73. The molecule has 24 heavy (non-hydrogen) atoms. The summed E-state index contributed by atoms with van der Waals surface area (Å²) in [6.45, 7) is 2.98. The van der Waals surface area contributed by atoms with Crippen molar-refractivity contribution < 1.29 is 34.5 Å². The van der Waals surface area contributed by atoms with E-state index < -0.39 is 54.9 Å². The molecular formula is C14H25N3O7. The SMILES string of the molecule is CC(C)C[C@@H](N)C(=O)N[C@@H](CO)C(=O)N[C@@H](CCC(=O)O)C(=O)O. The third kappa shape index (κ3) is 8.44. The topological polar surface area (TPSA) is 179 Å². The zero-order valence-electron chi connectivity index (χ0n) is 13.7. The van der Waals surface area contributed by atoms with E-state index >= 15 is 0 Å². The van der Waals surface area contributed by atoms with E-state index in [1.54, 1.807) is 0 Å². The van der Waals surface area contributed by atoms with Crippen molar-refractivity contribution in [2.24, 2.45) is 11.7 Å². The van der Waals surface area contributed by atoms with Crippen LogP contribution in [0.4, 0.5) is 0 Å². The van der Waals surface area contributed by atoms with Crippen molar-refractivity contribution in [2.75, 3.05) is 6.61 Å². The molecule has 2 amide bonds. The molecule has 0 heterocycles. The van der Waals surface area contributed by atoms with Gasteiger partial charge in [0.25, 0.3) is 0 Å². The fourth-order valence-electron chi connectivity index (χ4n) is 1.89. The van der Waals surface area contributed by atoms with Gasteiger partial charge in [0.05, 0.1) is 12.6 Å². The minimum absolute atomic E-state index is 0.152. The number of carbonyl (C=O) groups is 4. The highest BCUT2D eigenvalue weighted by Crippen LogP contribution is 2.03. The molecule has 0 aromatic heterocycles. The molecule has 10 heteroatoms. The Morgan fingerprint density at radius 3 is 1.96 bits per heavy atom. The van der Waals surface area contributed by atoms with Crippen molar-refractivity contribution >= 4 is 23.8 Å². The molecule has 0 bridgehead atoms. The second-order valence-corrected chi connectivity index (χ2v) is 5.81. The molecule has 0 saturated carbocycles. The largest absolute Gasteiger partial charge is 0.481 e. The minimum Gasteiger partial charge on any atom is -0.481 e. The fraction of sp³-hybridized carbons (Fsp3) is 0.714. The number of carboxylic acid groups (broad SMARTS) is 2. The van der Waals surface area contributed by atoms with E-state index in [0.29, 0.717) is 6.42 Å². The van der Waals surface area contributed by atoms with E-state index in [0.717, 1.165) is 0 Å². The van der Waals surface area contributed by atoms with E-state index in [1.807, 2.05) is 13.8 Å². The molecule has 0 aliphatic rings. The van der Waals surface area contributed by atoms with Gasteiger partial charge in [-0.25, -0.2) is 4.79 Å². The van der Waals surface area contributed by atoms with Crippen molar-refractivity contribution in [3.63, 3.8) is 0 Å². The molecule has 138 valence electrons. The van der Waals surface area contributed by atoms with Gasteiger partial charge in [0, 0.05) is 6.42 Å². The lowest BCUT2D eigenvalue weighted by molar-refractivity contribution is -0.143. The van der Waals surface area contributed by atoms with Gasteiger partial charge in [-0.2, -0.15) is 0 Å². The van der Waals surface area contributed by atoms with Gasteiger partial charge in [-0.1, -0.05) is 13.8 Å². The number of aliphatic hydroxyl groups excluding tert-OH is 1. The highest BCUT2D eigenvalue weighted by molar-refractivity contribution is 5.91. The van der Waals surface area contributed by atoms with Crippen LogP contribution in [0.15, 0.2) is 0 Å². The third-order valence-electron chi connectivity index (χ3n) is 3.14. The first kappa shape index (κ1) is 21.8. The van der Waals surface area contributed by atoms with Crippen LogP contribution in [0.25, 0.3) is 0 Å². The van der Waals surface area contributed by atoms with Crippen LogP contribution >= 0.6 is 0 Å². The number of carboxylic acids is 2. The molecular weight excluding hydrogens is 322 g/mol. The van der Waals surface area contributed by atoms with Crippen molar-refractivity contribution in [1.82, 2.24) is 10.6 Å². The quantitative estimate of drug-likeness (QED) is 0.255. The lowest BCUT2D eigenvalue weighted by atomic mass is 10.0. The van der Waals surface area contributed by atoms with Crippen LogP contribution in [-0.4, -0.2) is 63.8 Å². The summed E-state index contributed by atoms with van der Waals surface area (Å²) in [6.07, 6.45) is -0.399. The van der Waals surface area contributed by atoms with Crippen LogP contribution in [0.5, 0.6) is 0 Å². The average molecular weight is 347 g/mol. The van der Waals surface area contributed by atoms with Crippen LogP contribution in [0, 0.1) is 5.92 Å². The summed E-state index contributed by atoms with van der Waals surface area (Å²) in [6, 6.07) is -3.68. The van der Waals surface area contributed by atoms with Gasteiger partial charge < -0.3 is 31.7 Å². The van der Waals surface area contributed by atoms with Crippen molar-refractivity contribution in [2.45, 2.75) is 51.2 Å². The van der Waals surface area contributed by atoms with Crippen LogP contribution in [0.1, 0.15) is 33.1 Å². The van der Waals surface area contributed by atoms with Crippen molar-refractivity contribution in [3.05, 3.63) is 0 Å². The minimum atomic E-state index is -1.44. The second-order valence-electron chi connectivity index (χ2n) is 5.81. The standard InChI is InChI=1S/C14H25N3O7/c1-7(2)5-8(15)12(21)17-10(6-18)13(22)16-9(14(23)24)3-4-11(19)20/h7-10,18H,3-6,15H2,1-2H3,(H,16,22)(H,17,21)(H,19,20)(H,23,24)/t8-,9+,10+/m1/s1. The highest BCUT2D eigenvalue weighted by atomic mass is 16.4. The van der Waals surface area contributed by atoms with Crippen LogP contribution < -0.4 is 16.4 Å². The lowest BCUT2D eigenvalue weighted by Crippen LogP contribution is -2.56. The predicted octanol–water partition coefficient (Wildman–Crippen LogP) is -1.73. The third-order valence-corrected chi connectivity index (χ3v) is 3.14. The summed E-state index contributed by atoms with van der Waals surface area (Å²) in [7, 11) is 0. The molecule has 0 fully saturated rings. The first-order valence-corrected chi connectivity index (χ1v) is 7.50. The molecule has 0 rings (SSSR count). The number of hydrogen-bond donors (Lipinski definition) is 6. The Bertz CT molecular complexity index is 467. The first-order valence-electron chi connectivity index (χ1n) is 7.50. The van der Waals surface area contributed by atoms with Gasteiger partial charge >= 0.3 is 11.9 Å². The molecule has 7 N–H and O–H groups in total. The highest BCUT2D eigenvalue weighted by Gasteiger charge is 2.27. The lowest BCUT2D eigenvalue weighted by Gasteiger charge is -2.21. The van der Waals surface area contributed by atoms with E-state index in [9.17, 15) is 24.3 Å². The summed E-state index contributed by atoms with van der Waals surface area (Å²) >= 11 is 0. The normalized spacial score (nSPS) is 14.5. The Labute approximate surface area is 139 Å². The maximum Gasteiger partial charge on any atom is 0.326 e. The number of aliphatic hydroxyl groups is 1. The molecule has 0 aliphatic carbocycles. The Hall–Kier alpha value is -2.20. The van der Waals surface area contributed by atoms with Gasteiger partial charge in [0.2, 0.25) is 11.8 Å². The van der Waals surface area contributed by atoms with Crippen LogP contribution in [-0.2, 0) is 19.2 Å². The Kier molecular flexibility index (Phi) is 9.58. The summed E-state index contributed by atoms with van der Waals surface area (Å²) in [5, 5.41) is 31.1. The zero-order valence-corrected chi connectivity index (χ0v) is 13.7. The molecule has 10 nitrogen and oxygen atoms in total. The van der Waals surface area contributed by atoms with E-state index in [1.165, 1.54) is 0 Å². The number of carbonyl (C=O) groups excluding carboxylic acids is 2. The monoisotopic (exact) mass is 347 g/mol. The maximum atomic E-state index is 12.0. The Morgan fingerprint density at radius 2 is 1.54 bits per heavy atom. The number of amides is 2. The summed E-state index contributed by atoms with van der Waals surface area (Å²) in [5.74, 6) is -4.04. The summed E-state index contributed by atoms with van der Waals surface area (Å²) in [4.78, 5) is 45.4. The fourth-order valence-corrected chi connectivity index (χ4v) is 1.89. The van der Waals surface area contributed by atoms with E-state index in [-0.39, 0.29) is 12.3 Å². The van der Waals surface area contributed by atoms with E-state index in [4.69, 9.17) is 15.9 Å². The number of aliphatic carboxylic acids is 2. The maximum absolute atomic E-state index is 12.0. The molecule has 0 spiro atoms. The number of nitrogens with two attached hydrogens (primary N) is 1. The van der Waals surface area contributed by atoms with Crippen LogP contribution in [0.3, 0.4) is 0 Å². The van der Waals surface area contributed by atoms with Gasteiger partial charge in [0.1, 0.15) is 12.1 Å². The Morgan fingerprint density at radius 1 is 1.00 bits per heavy atom. The molecule has 3 atom stereocenters. The number of nitrogens with one attached hydrogen (secondary N) is 2. The summed E-state index contributed by atoms with van der Waals surface area (Å²) < 4.78 is 0. The molecule has 0 saturated heterocycles. The summed E-state index contributed by atoms with van der Waals surface area (Å²) in [5.41, 5.74) is 5.67. The van der Waals surface area contributed by atoms with Gasteiger partial charge in [-0.3, -0.25) is 14.4 Å². The average Bonchev–Trinajstić information content (AvgIpc) is 2.47. The predicted molar refractivity (Wildman–Crippen MR) is 82.9 cm³/mol. The zero-order chi connectivity index (χ0) is 18.9.